The smallest absolute Gasteiger partial charge is 0.136 e. The van der Waals surface area contributed by atoms with E-state index in [1.807, 2.05) is 0 Å². The molecule has 2 aromatic carbocycles. The molecule has 0 unspecified atom stereocenters. The fourth-order valence-corrected chi connectivity index (χ4v) is 5.27. The van der Waals surface area contributed by atoms with E-state index >= 15 is 0 Å². The number of fused-ring (bicyclic) bond motifs is 1. The lowest BCUT2D eigenvalue weighted by atomic mass is 9.77. The van der Waals surface area contributed by atoms with Crippen molar-refractivity contribution < 1.29 is 13.2 Å². The highest BCUT2D eigenvalue weighted by atomic mass is 32.1. The lowest BCUT2D eigenvalue weighted by molar-refractivity contribution is 0.307. The van der Waals surface area contributed by atoms with E-state index < -0.39 is 11.6 Å². The van der Waals surface area contributed by atoms with E-state index in [0.29, 0.717) is 10.2 Å². The van der Waals surface area contributed by atoms with Gasteiger partial charge in [-0.25, -0.2) is 18.2 Å². The van der Waals surface area contributed by atoms with E-state index in [0.717, 1.165) is 48.5 Å². The summed E-state index contributed by atoms with van der Waals surface area (Å²) in [6.45, 7) is 2.20. The van der Waals surface area contributed by atoms with Crippen LogP contribution in [0.3, 0.4) is 0 Å². The molecular formula is C22H22F3NS. The van der Waals surface area contributed by atoms with Gasteiger partial charge in [0.05, 0.1) is 15.8 Å². The summed E-state index contributed by atoms with van der Waals surface area (Å²) in [7, 11) is 0. The molecule has 27 heavy (non-hydrogen) atoms. The minimum Gasteiger partial charge on any atom is -0.236 e. The van der Waals surface area contributed by atoms with Crippen molar-refractivity contribution >= 4 is 21.6 Å². The zero-order valence-electron chi connectivity index (χ0n) is 15.3. The van der Waals surface area contributed by atoms with Crippen LogP contribution in [-0.4, -0.2) is 4.98 Å². The second-order valence-electron chi connectivity index (χ2n) is 7.50. The molecule has 0 atom stereocenters. The van der Waals surface area contributed by atoms with Gasteiger partial charge in [-0.05, 0) is 73.4 Å². The van der Waals surface area contributed by atoms with Gasteiger partial charge >= 0.3 is 0 Å². The van der Waals surface area contributed by atoms with Crippen LogP contribution in [0.25, 0.3) is 20.8 Å². The molecule has 1 aliphatic carbocycles. The van der Waals surface area contributed by atoms with Crippen LogP contribution >= 0.6 is 11.3 Å². The number of nitrogens with zero attached hydrogens (tertiary/aromatic N) is 1. The number of thiazole rings is 1. The van der Waals surface area contributed by atoms with Gasteiger partial charge in [-0.3, -0.25) is 0 Å². The zero-order chi connectivity index (χ0) is 19.0. The van der Waals surface area contributed by atoms with Crippen molar-refractivity contribution in [2.24, 2.45) is 5.92 Å². The molecule has 0 bridgehead atoms. The van der Waals surface area contributed by atoms with Gasteiger partial charge in [-0.15, -0.1) is 11.3 Å². The lowest BCUT2D eigenvalue weighted by Gasteiger charge is -2.28. The molecule has 4 rings (SSSR count). The van der Waals surface area contributed by atoms with Crippen LogP contribution in [0.1, 0.15) is 56.9 Å². The van der Waals surface area contributed by atoms with Crippen molar-refractivity contribution in [3.8, 4) is 10.6 Å². The predicted octanol–water partition coefficient (Wildman–Crippen LogP) is 7.45. The zero-order valence-corrected chi connectivity index (χ0v) is 16.1. The largest absolute Gasteiger partial charge is 0.236 e. The third-order valence-electron chi connectivity index (χ3n) is 5.64. The van der Waals surface area contributed by atoms with Crippen LogP contribution < -0.4 is 0 Å². The number of halogens is 3. The summed E-state index contributed by atoms with van der Waals surface area (Å²) in [6, 6.07) is 7.11. The second kappa shape index (κ2) is 7.63. The van der Waals surface area contributed by atoms with Gasteiger partial charge in [0.1, 0.15) is 22.5 Å². The SMILES string of the molecule is CCC[C@H]1CC[C@H](c2cc(F)c(-c3nc4ccc(F)cc4s3)c(F)c2)CC1. The third-order valence-corrected chi connectivity index (χ3v) is 6.68. The van der Waals surface area contributed by atoms with E-state index in [-0.39, 0.29) is 22.3 Å². The normalized spacial score (nSPS) is 20.3. The molecule has 142 valence electrons. The molecule has 1 aromatic heterocycles. The Morgan fingerprint density at radius 2 is 1.70 bits per heavy atom. The molecule has 1 aliphatic rings. The highest BCUT2D eigenvalue weighted by Crippen LogP contribution is 2.40. The van der Waals surface area contributed by atoms with Gasteiger partial charge in [-0.1, -0.05) is 19.8 Å². The standard InChI is InChI=1S/C22H22F3NS/c1-2-3-13-4-6-14(7-5-13)15-10-17(24)21(18(25)11-15)22-26-19-9-8-16(23)12-20(19)27-22/h8-14H,2-7H2,1H3/t13-,14-. The Hall–Kier alpha value is -1.88. The van der Waals surface area contributed by atoms with E-state index in [2.05, 4.69) is 11.9 Å². The van der Waals surface area contributed by atoms with Gasteiger partial charge in [0.2, 0.25) is 0 Å². The summed E-state index contributed by atoms with van der Waals surface area (Å²) in [5.74, 6) is -0.572. The quantitative estimate of drug-likeness (QED) is 0.451. The number of aromatic nitrogens is 1. The van der Waals surface area contributed by atoms with Crippen molar-refractivity contribution in [1.29, 1.82) is 0 Å². The van der Waals surface area contributed by atoms with Gasteiger partial charge in [0.25, 0.3) is 0 Å². The first kappa shape index (κ1) is 18.5. The summed E-state index contributed by atoms with van der Waals surface area (Å²) in [5.41, 5.74) is 1.18. The van der Waals surface area contributed by atoms with Crippen LogP contribution in [0.15, 0.2) is 30.3 Å². The molecule has 0 spiro atoms. The summed E-state index contributed by atoms with van der Waals surface area (Å²) in [6.07, 6.45) is 6.68. The Labute approximate surface area is 161 Å². The maximum Gasteiger partial charge on any atom is 0.136 e. The van der Waals surface area contributed by atoms with Crippen LogP contribution in [0, 0.1) is 23.4 Å². The molecule has 1 nitrogen and oxygen atoms in total. The number of hydrogen-bond acceptors (Lipinski definition) is 2. The van der Waals surface area contributed by atoms with Gasteiger partial charge in [-0.2, -0.15) is 0 Å². The molecule has 0 aliphatic heterocycles. The molecule has 0 radical (unpaired) electrons. The van der Waals surface area contributed by atoms with Crippen LogP contribution in [0.4, 0.5) is 13.2 Å². The Morgan fingerprint density at radius 3 is 2.37 bits per heavy atom. The monoisotopic (exact) mass is 389 g/mol. The first-order valence-corrected chi connectivity index (χ1v) is 10.4. The van der Waals surface area contributed by atoms with Gasteiger partial charge in [0, 0.05) is 0 Å². The topological polar surface area (TPSA) is 12.9 Å². The van der Waals surface area contributed by atoms with E-state index in [1.165, 1.54) is 43.2 Å². The fourth-order valence-electron chi connectivity index (χ4n) is 4.23. The fraction of sp³-hybridized carbons (Fsp3) is 0.409. The van der Waals surface area contributed by atoms with Gasteiger partial charge < -0.3 is 0 Å². The van der Waals surface area contributed by atoms with Crippen LogP contribution in [0.5, 0.6) is 0 Å². The molecule has 0 saturated heterocycles. The van der Waals surface area contributed by atoms with Crippen LogP contribution in [-0.2, 0) is 0 Å². The second-order valence-corrected chi connectivity index (χ2v) is 8.53. The third kappa shape index (κ3) is 3.75. The van der Waals surface area contributed by atoms with Crippen molar-refractivity contribution in [2.75, 3.05) is 0 Å². The lowest BCUT2D eigenvalue weighted by Crippen LogP contribution is -2.13. The van der Waals surface area contributed by atoms with Crippen molar-refractivity contribution in [1.82, 2.24) is 4.98 Å². The molecule has 0 amide bonds. The molecule has 5 heteroatoms. The van der Waals surface area contributed by atoms with Crippen molar-refractivity contribution in [2.45, 2.75) is 51.4 Å². The first-order chi connectivity index (χ1) is 13.0. The van der Waals surface area contributed by atoms with E-state index in [1.54, 1.807) is 0 Å². The molecule has 1 saturated carbocycles. The Kier molecular flexibility index (Phi) is 5.22. The van der Waals surface area contributed by atoms with E-state index in [4.69, 9.17) is 0 Å². The summed E-state index contributed by atoms with van der Waals surface area (Å²) >= 11 is 1.11. The van der Waals surface area contributed by atoms with E-state index in [9.17, 15) is 13.2 Å². The van der Waals surface area contributed by atoms with Gasteiger partial charge in [0.15, 0.2) is 0 Å². The number of hydrogen-bond donors (Lipinski definition) is 0. The molecule has 1 heterocycles. The maximum absolute atomic E-state index is 14.8. The highest BCUT2D eigenvalue weighted by Gasteiger charge is 2.25. The highest BCUT2D eigenvalue weighted by molar-refractivity contribution is 7.21. The number of benzene rings is 2. The van der Waals surface area contributed by atoms with Crippen molar-refractivity contribution in [3.63, 3.8) is 0 Å². The Bertz CT molecular complexity index is 934. The first-order valence-electron chi connectivity index (χ1n) is 9.60. The minimum atomic E-state index is -0.583. The van der Waals surface area contributed by atoms with Crippen molar-refractivity contribution in [3.05, 3.63) is 53.3 Å². The molecule has 3 aromatic rings. The predicted molar refractivity (Wildman–Crippen MR) is 105 cm³/mol. The minimum absolute atomic E-state index is 0.111. The average Bonchev–Trinajstić information content (AvgIpc) is 3.04. The maximum atomic E-state index is 14.8. The summed E-state index contributed by atoms with van der Waals surface area (Å²) < 4.78 is 43.6. The molecule has 0 N–H and O–H groups in total. The Balaban J connectivity index is 1.62. The van der Waals surface area contributed by atoms with Crippen LogP contribution in [0.2, 0.25) is 0 Å². The summed E-state index contributed by atoms with van der Waals surface area (Å²) in [5, 5.41) is 0.254. The molecular weight excluding hydrogens is 367 g/mol. The molecule has 1 fully saturated rings. The Morgan fingerprint density at radius 1 is 1.00 bits per heavy atom. The number of rotatable bonds is 4. The summed E-state index contributed by atoms with van der Waals surface area (Å²) in [4.78, 5) is 4.29. The average molecular weight is 389 g/mol.